The summed E-state index contributed by atoms with van der Waals surface area (Å²) in [6.07, 6.45) is 2.04. The number of hydrogen-bond donors (Lipinski definition) is 1. The molecule has 0 spiro atoms. The van der Waals surface area contributed by atoms with Crippen molar-refractivity contribution in [2.45, 2.75) is 53.6 Å². The van der Waals surface area contributed by atoms with Crippen molar-refractivity contribution < 1.29 is 0 Å². The first-order valence-electron chi connectivity index (χ1n) is 6.33. The van der Waals surface area contributed by atoms with Gasteiger partial charge in [0, 0.05) is 24.2 Å². The fraction of sp³-hybridized carbons (Fsp3) is 0.643. The lowest BCUT2D eigenvalue weighted by Crippen LogP contribution is -2.15. The van der Waals surface area contributed by atoms with E-state index in [4.69, 9.17) is 0 Å². The topological polar surface area (TPSA) is 29.9 Å². The van der Waals surface area contributed by atoms with Crippen LogP contribution in [0.15, 0.2) is 0 Å². The molecule has 0 aromatic carbocycles. The van der Waals surface area contributed by atoms with Gasteiger partial charge in [0.1, 0.15) is 0 Å². The van der Waals surface area contributed by atoms with Crippen molar-refractivity contribution in [1.82, 2.24) is 15.1 Å². The second-order valence-corrected chi connectivity index (χ2v) is 4.23. The van der Waals surface area contributed by atoms with Crippen LogP contribution in [0.4, 0.5) is 0 Å². The zero-order valence-corrected chi connectivity index (χ0v) is 11.4. The first-order chi connectivity index (χ1) is 8.20. The van der Waals surface area contributed by atoms with Crippen LogP contribution in [-0.4, -0.2) is 16.3 Å². The lowest BCUT2D eigenvalue weighted by atomic mass is 10.2. The third kappa shape index (κ3) is 3.90. The predicted octanol–water partition coefficient (Wildman–Crippen LogP) is 2.41. The highest BCUT2D eigenvalue weighted by molar-refractivity contribution is 5.24. The summed E-state index contributed by atoms with van der Waals surface area (Å²) in [4.78, 5) is 0. The average molecular weight is 233 g/mol. The molecule has 0 unspecified atom stereocenters. The molecule has 1 rings (SSSR count). The normalized spacial score (nSPS) is 10.1. The van der Waals surface area contributed by atoms with E-state index in [2.05, 4.69) is 47.7 Å². The van der Waals surface area contributed by atoms with E-state index in [1.807, 2.05) is 6.92 Å². The minimum absolute atomic E-state index is 0.875. The van der Waals surface area contributed by atoms with Crippen molar-refractivity contribution >= 4 is 0 Å². The van der Waals surface area contributed by atoms with Crippen molar-refractivity contribution in [3.63, 3.8) is 0 Å². The molecule has 1 N–H and O–H groups in total. The largest absolute Gasteiger partial charge is 0.313 e. The average Bonchev–Trinajstić information content (AvgIpc) is 2.57. The van der Waals surface area contributed by atoms with Crippen molar-refractivity contribution in [3.8, 4) is 11.8 Å². The Bertz CT molecular complexity index is 407. The van der Waals surface area contributed by atoms with E-state index in [1.54, 1.807) is 0 Å². The van der Waals surface area contributed by atoms with Gasteiger partial charge >= 0.3 is 0 Å². The van der Waals surface area contributed by atoms with Gasteiger partial charge in [-0.25, -0.2) is 0 Å². The number of aryl methyl sites for hydroxylation is 2. The Hall–Kier alpha value is -1.27. The number of hydrogen-bond acceptors (Lipinski definition) is 2. The van der Waals surface area contributed by atoms with Crippen LogP contribution in [0.1, 0.15) is 43.6 Å². The maximum Gasteiger partial charge on any atom is 0.0641 e. The molecule has 0 saturated heterocycles. The van der Waals surface area contributed by atoms with Gasteiger partial charge in [-0.15, -0.1) is 11.8 Å². The van der Waals surface area contributed by atoms with E-state index in [0.29, 0.717) is 0 Å². The number of nitrogens with zero attached hydrogens (tertiary/aromatic N) is 2. The molecule has 1 aromatic heterocycles. The van der Waals surface area contributed by atoms with Crippen molar-refractivity contribution in [2.75, 3.05) is 6.54 Å². The first-order valence-corrected chi connectivity index (χ1v) is 6.33. The number of nitrogens with one attached hydrogen (secondary N) is 1. The van der Waals surface area contributed by atoms with Crippen LogP contribution in [0.3, 0.4) is 0 Å². The Balaban J connectivity index is 2.67. The van der Waals surface area contributed by atoms with Gasteiger partial charge in [0.05, 0.1) is 12.2 Å². The summed E-state index contributed by atoms with van der Waals surface area (Å²) in [5.74, 6) is 6.00. The van der Waals surface area contributed by atoms with Gasteiger partial charge in [-0.2, -0.15) is 5.10 Å². The Morgan fingerprint density at radius 2 is 2.12 bits per heavy atom. The van der Waals surface area contributed by atoms with Crippen LogP contribution < -0.4 is 5.32 Å². The van der Waals surface area contributed by atoms with Crippen LogP contribution in [0.2, 0.25) is 0 Å². The fourth-order valence-electron chi connectivity index (χ4n) is 1.88. The second kappa shape index (κ2) is 7.13. The molecule has 0 aliphatic heterocycles. The Labute approximate surface area is 105 Å². The standard InChI is InChI=1S/C14H23N3/c1-5-7-8-10-17-13(4)14(12(3)16-17)11-15-9-6-2/h15H,6,8-11H2,1-4H3. The van der Waals surface area contributed by atoms with Crippen LogP contribution in [0.25, 0.3) is 0 Å². The number of rotatable bonds is 6. The molecule has 0 atom stereocenters. The lowest BCUT2D eigenvalue weighted by molar-refractivity contribution is 0.605. The highest BCUT2D eigenvalue weighted by Gasteiger charge is 2.09. The molecule has 1 aromatic rings. The molecule has 3 nitrogen and oxygen atoms in total. The Morgan fingerprint density at radius 3 is 2.76 bits per heavy atom. The Morgan fingerprint density at radius 1 is 1.35 bits per heavy atom. The van der Waals surface area contributed by atoms with E-state index < -0.39 is 0 Å². The second-order valence-electron chi connectivity index (χ2n) is 4.23. The summed E-state index contributed by atoms with van der Waals surface area (Å²) in [5.41, 5.74) is 3.74. The van der Waals surface area contributed by atoms with Crippen molar-refractivity contribution in [3.05, 3.63) is 17.0 Å². The molecule has 94 valence electrons. The summed E-state index contributed by atoms with van der Waals surface area (Å²) >= 11 is 0. The highest BCUT2D eigenvalue weighted by Crippen LogP contribution is 2.13. The van der Waals surface area contributed by atoms with Crippen LogP contribution in [0, 0.1) is 25.7 Å². The van der Waals surface area contributed by atoms with Gasteiger partial charge in [-0.3, -0.25) is 4.68 Å². The summed E-state index contributed by atoms with van der Waals surface area (Å²) in [7, 11) is 0. The summed E-state index contributed by atoms with van der Waals surface area (Å²) in [5, 5.41) is 8.00. The van der Waals surface area contributed by atoms with Gasteiger partial charge in [0.25, 0.3) is 0 Å². The van der Waals surface area contributed by atoms with E-state index in [9.17, 15) is 0 Å². The van der Waals surface area contributed by atoms with Gasteiger partial charge in [0.15, 0.2) is 0 Å². The van der Waals surface area contributed by atoms with Crippen LogP contribution >= 0.6 is 0 Å². The first kappa shape index (κ1) is 13.8. The molecule has 0 saturated carbocycles. The van der Waals surface area contributed by atoms with E-state index in [0.717, 1.165) is 31.7 Å². The van der Waals surface area contributed by atoms with Crippen LogP contribution in [0.5, 0.6) is 0 Å². The van der Waals surface area contributed by atoms with Gasteiger partial charge in [-0.1, -0.05) is 6.92 Å². The molecule has 0 aliphatic rings. The smallest absolute Gasteiger partial charge is 0.0641 e. The quantitative estimate of drug-likeness (QED) is 0.604. The SMILES string of the molecule is CC#CCCn1nc(C)c(CNCCC)c1C. The predicted molar refractivity (Wildman–Crippen MR) is 71.8 cm³/mol. The maximum atomic E-state index is 4.57. The molecule has 0 aliphatic carbocycles. The van der Waals surface area contributed by atoms with E-state index in [-0.39, 0.29) is 0 Å². The van der Waals surface area contributed by atoms with E-state index in [1.165, 1.54) is 17.7 Å². The van der Waals surface area contributed by atoms with E-state index >= 15 is 0 Å². The maximum absolute atomic E-state index is 4.57. The van der Waals surface area contributed by atoms with Gasteiger partial charge in [-0.05, 0) is 33.7 Å². The number of aromatic nitrogens is 2. The van der Waals surface area contributed by atoms with Crippen LogP contribution in [-0.2, 0) is 13.1 Å². The van der Waals surface area contributed by atoms with Gasteiger partial charge < -0.3 is 5.32 Å². The molecule has 1 heterocycles. The fourth-order valence-corrected chi connectivity index (χ4v) is 1.88. The summed E-state index contributed by atoms with van der Waals surface area (Å²) in [6.45, 7) is 11.2. The Kier molecular flexibility index (Phi) is 5.79. The molecule has 3 heteroatoms. The molecular weight excluding hydrogens is 210 g/mol. The minimum Gasteiger partial charge on any atom is -0.313 e. The zero-order chi connectivity index (χ0) is 12.7. The monoisotopic (exact) mass is 233 g/mol. The van der Waals surface area contributed by atoms with Crippen molar-refractivity contribution in [1.29, 1.82) is 0 Å². The zero-order valence-electron chi connectivity index (χ0n) is 11.4. The third-order valence-corrected chi connectivity index (χ3v) is 2.89. The molecule has 0 bridgehead atoms. The molecular formula is C14H23N3. The molecule has 0 amide bonds. The van der Waals surface area contributed by atoms with Crippen molar-refractivity contribution in [2.24, 2.45) is 0 Å². The lowest BCUT2D eigenvalue weighted by Gasteiger charge is -2.04. The molecule has 0 radical (unpaired) electrons. The summed E-state index contributed by atoms with van der Waals surface area (Å²) in [6, 6.07) is 0. The summed E-state index contributed by atoms with van der Waals surface area (Å²) < 4.78 is 2.07. The van der Waals surface area contributed by atoms with Gasteiger partial charge in [0.2, 0.25) is 0 Å². The highest BCUT2D eigenvalue weighted by atomic mass is 15.3. The molecule has 0 fully saturated rings. The molecule has 17 heavy (non-hydrogen) atoms. The minimum atomic E-state index is 0.875. The third-order valence-electron chi connectivity index (χ3n) is 2.89.